The van der Waals surface area contributed by atoms with Crippen molar-refractivity contribution in [2.45, 2.75) is 31.8 Å². The molecule has 1 aliphatic rings. The van der Waals surface area contributed by atoms with E-state index < -0.39 is 0 Å². The number of hydrogen-bond acceptors (Lipinski definition) is 2. The molecule has 1 fully saturated rings. The second kappa shape index (κ2) is 5.30. The SMILES string of the molecule is CCCN1CC[C@H](N)[C@H]1c1cccc(Br)c1. The van der Waals surface area contributed by atoms with Crippen molar-refractivity contribution in [3.05, 3.63) is 34.3 Å². The molecule has 1 aromatic carbocycles. The maximum absolute atomic E-state index is 6.22. The molecule has 2 atom stereocenters. The average Bonchev–Trinajstić information content (AvgIpc) is 2.60. The Hall–Kier alpha value is -0.380. The maximum Gasteiger partial charge on any atom is 0.0500 e. The zero-order chi connectivity index (χ0) is 11.5. The topological polar surface area (TPSA) is 29.3 Å². The van der Waals surface area contributed by atoms with Crippen molar-refractivity contribution in [2.75, 3.05) is 13.1 Å². The highest BCUT2D eigenvalue weighted by atomic mass is 79.9. The van der Waals surface area contributed by atoms with E-state index in [2.05, 4.69) is 52.0 Å². The second-order valence-electron chi connectivity index (χ2n) is 4.49. The van der Waals surface area contributed by atoms with Crippen LogP contribution in [-0.4, -0.2) is 24.0 Å². The molecule has 0 saturated carbocycles. The number of benzene rings is 1. The van der Waals surface area contributed by atoms with Gasteiger partial charge in [-0.2, -0.15) is 0 Å². The lowest BCUT2D eigenvalue weighted by Crippen LogP contribution is -2.32. The van der Waals surface area contributed by atoms with Gasteiger partial charge in [0.1, 0.15) is 0 Å². The summed E-state index contributed by atoms with van der Waals surface area (Å²) in [4.78, 5) is 2.51. The predicted octanol–water partition coefficient (Wildman–Crippen LogP) is 2.93. The molecular formula is C13H19BrN2. The largest absolute Gasteiger partial charge is 0.326 e. The van der Waals surface area contributed by atoms with E-state index in [1.807, 2.05) is 0 Å². The molecule has 0 radical (unpaired) electrons. The van der Waals surface area contributed by atoms with Gasteiger partial charge in [0.2, 0.25) is 0 Å². The van der Waals surface area contributed by atoms with Gasteiger partial charge < -0.3 is 5.73 Å². The molecule has 1 aromatic rings. The molecule has 2 N–H and O–H groups in total. The molecule has 16 heavy (non-hydrogen) atoms. The fraction of sp³-hybridized carbons (Fsp3) is 0.538. The summed E-state index contributed by atoms with van der Waals surface area (Å²) in [7, 11) is 0. The summed E-state index contributed by atoms with van der Waals surface area (Å²) in [6, 6.07) is 9.21. The van der Waals surface area contributed by atoms with Crippen molar-refractivity contribution in [1.82, 2.24) is 4.90 Å². The third kappa shape index (κ3) is 2.47. The highest BCUT2D eigenvalue weighted by Crippen LogP contribution is 2.32. The van der Waals surface area contributed by atoms with E-state index in [0.29, 0.717) is 6.04 Å². The zero-order valence-electron chi connectivity index (χ0n) is 9.70. The van der Waals surface area contributed by atoms with Gasteiger partial charge in [0, 0.05) is 23.1 Å². The normalized spacial score (nSPS) is 26.2. The number of likely N-dealkylation sites (tertiary alicyclic amines) is 1. The van der Waals surface area contributed by atoms with Crippen LogP contribution in [0.4, 0.5) is 0 Å². The molecular weight excluding hydrogens is 264 g/mol. The van der Waals surface area contributed by atoms with Gasteiger partial charge >= 0.3 is 0 Å². The van der Waals surface area contributed by atoms with Crippen LogP contribution in [0.25, 0.3) is 0 Å². The molecule has 88 valence electrons. The fourth-order valence-electron chi connectivity index (χ4n) is 2.57. The molecule has 1 saturated heterocycles. The van der Waals surface area contributed by atoms with Gasteiger partial charge in [0.25, 0.3) is 0 Å². The number of nitrogens with two attached hydrogens (primary N) is 1. The van der Waals surface area contributed by atoms with Crippen LogP contribution < -0.4 is 5.73 Å². The predicted molar refractivity (Wildman–Crippen MR) is 71.3 cm³/mol. The molecule has 0 amide bonds. The Kier molecular flexibility index (Phi) is 4.00. The Labute approximate surface area is 106 Å². The van der Waals surface area contributed by atoms with Gasteiger partial charge in [0.05, 0.1) is 0 Å². The molecule has 1 aliphatic heterocycles. The Bertz CT molecular complexity index is 352. The summed E-state index contributed by atoms with van der Waals surface area (Å²) in [5.41, 5.74) is 7.57. The minimum absolute atomic E-state index is 0.279. The molecule has 0 unspecified atom stereocenters. The lowest BCUT2D eigenvalue weighted by Gasteiger charge is -2.26. The third-order valence-corrected chi connectivity index (χ3v) is 3.74. The van der Waals surface area contributed by atoms with E-state index in [4.69, 9.17) is 5.73 Å². The molecule has 1 heterocycles. The van der Waals surface area contributed by atoms with Crippen LogP contribution in [0.3, 0.4) is 0 Å². The summed E-state index contributed by atoms with van der Waals surface area (Å²) < 4.78 is 1.14. The molecule has 2 rings (SSSR count). The first-order valence-electron chi connectivity index (χ1n) is 5.97. The summed E-state index contributed by atoms with van der Waals surface area (Å²) in [6.45, 7) is 4.50. The van der Waals surface area contributed by atoms with Crippen molar-refractivity contribution in [1.29, 1.82) is 0 Å². The second-order valence-corrected chi connectivity index (χ2v) is 5.40. The van der Waals surface area contributed by atoms with Crippen LogP contribution >= 0.6 is 15.9 Å². The van der Waals surface area contributed by atoms with E-state index in [0.717, 1.165) is 24.0 Å². The fourth-order valence-corrected chi connectivity index (χ4v) is 2.99. The molecule has 0 aromatic heterocycles. The third-order valence-electron chi connectivity index (χ3n) is 3.25. The van der Waals surface area contributed by atoms with Crippen LogP contribution in [0.1, 0.15) is 31.4 Å². The molecule has 0 bridgehead atoms. The molecule has 2 nitrogen and oxygen atoms in total. The highest BCUT2D eigenvalue weighted by molar-refractivity contribution is 9.10. The summed E-state index contributed by atoms with van der Waals surface area (Å²) >= 11 is 3.53. The minimum atomic E-state index is 0.279. The van der Waals surface area contributed by atoms with Crippen molar-refractivity contribution >= 4 is 15.9 Å². The van der Waals surface area contributed by atoms with E-state index in [-0.39, 0.29) is 6.04 Å². The van der Waals surface area contributed by atoms with Crippen LogP contribution in [0.15, 0.2) is 28.7 Å². The van der Waals surface area contributed by atoms with Crippen molar-refractivity contribution in [2.24, 2.45) is 5.73 Å². The quantitative estimate of drug-likeness (QED) is 0.924. The number of nitrogens with zero attached hydrogens (tertiary/aromatic N) is 1. The van der Waals surface area contributed by atoms with E-state index in [1.165, 1.54) is 12.0 Å². The Balaban J connectivity index is 2.22. The summed E-state index contributed by atoms with van der Waals surface area (Å²) in [5.74, 6) is 0. The van der Waals surface area contributed by atoms with Gasteiger partial charge in [-0.05, 0) is 37.1 Å². The van der Waals surface area contributed by atoms with E-state index in [1.54, 1.807) is 0 Å². The minimum Gasteiger partial charge on any atom is -0.326 e. The van der Waals surface area contributed by atoms with Gasteiger partial charge in [-0.1, -0.05) is 35.0 Å². The molecule has 0 spiro atoms. The van der Waals surface area contributed by atoms with Gasteiger partial charge in [-0.3, -0.25) is 4.90 Å². The van der Waals surface area contributed by atoms with Crippen LogP contribution in [-0.2, 0) is 0 Å². The van der Waals surface area contributed by atoms with Gasteiger partial charge in [-0.25, -0.2) is 0 Å². The van der Waals surface area contributed by atoms with Gasteiger partial charge in [-0.15, -0.1) is 0 Å². The Morgan fingerprint density at radius 2 is 2.31 bits per heavy atom. The average molecular weight is 283 g/mol. The molecule has 3 heteroatoms. The first-order valence-corrected chi connectivity index (χ1v) is 6.76. The van der Waals surface area contributed by atoms with Crippen molar-refractivity contribution < 1.29 is 0 Å². The molecule has 0 aliphatic carbocycles. The standard InChI is InChI=1S/C13H19BrN2/c1-2-7-16-8-6-12(15)13(16)10-4-3-5-11(14)9-10/h3-5,9,12-13H,2,6-8,15H2,1H3/t12-,13+/m0/s1. The van der Waals surface area contributed by atoms with E-state index >= 15 is 0 Å². The summed E-state index contributed by atoms with van der Waals surface area (Å²) in [5, 5.41) is 0. The van der Waals surface area contributed by atoms with Gasteiger partial charge in [0.15, 0.2) is 0 Å². The lowest BCUT2D eigenvalue weighted by molar-refractivity contribution is 0.248. The Morgan fingerprint density at radius 3 is 3.00 bits per heavy atom. The highest BCUT2D eigenvalue weighted by Gasteiger charge is 2.32. The number of hydrogen-bond donors (Lipinski definition) is 1. The lowest BCUT2D eigenvalue weighted by atomic mass is 10.0. The maximum atomic E-state index is 6.22. The Morgan fingerprint density at radius 1 is 1.50 bits per heavy atom. The van der Waals surface area contributed by atoms with Crippen LogP contribution in [0, 0.1) is 0 Å². The zero-order valence-corrected chi connectivity index (χ0v) is 11.3. The van der Waals surface area contributed by atoms with E-state index in [9.17, 15) is 0 Å². The van der Waals surface area contributed by atoms with Crippen LogP contribution in [0.2, 0.25) is 0 Å². The number of halogens is 1. The summed E-state index contributed by atoms with van der Waals surface area (Å²) in [6.07, 6.45) is 2.30. The van der Waals surface area contributed by atoms with Crippen molar-refractivity contribution in [3.8, 4) is 0 Å². The smallest absolute Gasteiger partial charge is 0.0500 e. The van der Waals surface area contributed by atoms with Crippen LogP contribution in [0.5, 0.6) is 0 Å². The first kappa shape index (κ1) is 12.1. The van der Waals surface area contributed by atoms with Crippen molar-refractivity contribution in [3.63, 3.8) is 0 Å². The number of rotatable bonds is 3. The monoisotopic (exact) mass is 282 g/mol. The first-order chi connectivity index (χ1) is 7.72.